The fraction of sp³-hybridized carbons (Fsp3) is 0.297. The lowest BCUT2D eigenvalue weighted by Crippen LogP contribution is -2.30. The molecule has 2 atom stereocenters. The number of anilines is 2. The number of carbonyl (C=O) groups is 4. The molecule has 4 aromatic rings. The minimum atomic E-state index is -0.547. The number of thioether (sulfide) groups is 1. The molecule has 11 heteroatoms. The van der Waals surface area contributed by atoms with Gasteiger partial charge in [0, 0.05) is 27.1 Å². The normalized spacial score (nSPS) is 15.2. The zero-order chi connectivity index (χ0) is 34.4. The van der Waals surface area contributed by atoms with E-state index in [4.69, 9.17) is 9.15 Å². The smallest absolute Gasteiger partial charge is 0.341 e. The molecule has 3 N–H and O–H groups in total. The van der Waals surface area contributed by atoms with Gasteiger partial charge in [-0.1, -0.05) is 45.0 Å². The molecule has 0 fully saturated rings. The number of thiophene rings is 1. The second-order valence-corrected chi connectivity index (χ2v) is 15.1. The highest BCUT2D eigenvalue weighted by Crippen LogP contribution is 2.44. The Morgan fingerprint density at radius 2 is 1.79 bits per heavy atom. The highest BCUT2D eigenvalue weighted by molar-refractivity contribution is 8.00. The fourth-order valence-electron chi connectivity index (χ4n) is 5.51. The minimum absolute atomic E-state index is 0.00141. The Balaban J connectivity index is 1.27. The number of carbonyl (C=O) groups excluding carboxylic acids is 4. The topological polar surface area (TPSA) is 127 Å². The van der Waals surface area contributed by atoms with Crippen molar-refractivity contribution in [2.24, 2.45) is 11.3 Å². The standard InChI is InChI=1S/C37H39N3O6S2/c1-22(32(41)40-35-31(36(44)45-5)28-17-16-24(37(2,3)4)19-30(28)48-35)47-27-15-9-13-25(20-27)38-34(43)29(21-26-14-10-18-46-26)39-33(42)23-11-7-6-8-12-23/h6-15,18,20-22,24H,16-17,19H2,1-5H3,(H,38,43)(H,39,42)(H,40,41)/b29-21-. The molecule has 2 heterocycles. The molecule has 3 amide bonds. The number of amides is 3. The summed E-state index contributed by atoms with van der Waals surface area (Å²) >= 11 is 2.78. The first-order valence-electron chi connectivity index (χ1n) is 15.7. The average molecular weight is 686 g/mol. The molecule has 2 aromatic heterocycles. The lowest BCUT2D eigenvalue weighted by molar-refractivity contribution is -0.115. The molecule has 0 bridgehead atoms. The highest BCUT2D eigenvalue weighted by Gasteiger charge is 2.34. The number of furan rings is 1. The van der Waals surface area contributed by atoms with Gasteiger partial charge in [-0.05, 0) is 85.5 Å². The lowest BCUT2D eigenvalue weighted by Gasteiger charge is -2.33. The number of hydrogen-bond acceptors (Lipinski definition) is 8. The van der Waals surface area contributed by atoms with Gasteiger partial charge in [0.2, 0.25) is 5.91 Å². The van der Waals surface area contributed by atoms with E-state index < -0.39 is 23.0 Å². The first kappa shape index (κ1) is 34.7. The van der Waals surface area contributed by atoms with E-state index in [2.05, 4.69) is 36.7 Å². The summed E-state index contributed by atoms with van der Waals surface area (Å²) in [4.78, 5) is 54.4. The van der Waals surface area contributed by atoms with Gasteiger partial charge in [-0.25, -0.2) is 4.79 Å². The Kier molecular flexibility index (Phi) is 10.9. The molecule has 1 aliphatic rings. The third-order valence-corrected chi connectivity index (χ3v) is 10.5. The highest BCUT2D eigenvalue weighted by atomic mass is 32.2. The van der Waals surface area contributed by atoms with E-state index in [1.54, 1.807) is 67.6 Å². The van der Waals surface area contributed by atoms with Crippen molar-refractivity contribution < 1.29 is 28.3 Å². The van der Waals surface area contributed by atoms with Crippen LogP contribution in [0.5, 0.6) is 0 Å². The Hall–Kier alpha value is -4.61. The number of methoxy groups -OCH3 is 1. The van der Waals surface area contributed by atoms with Crippen molar-refractivity contribution in [2.45, 2.75) is 57.1 Å². The molecular formula is C37H39N3O6S2. The van der Waals surface area contributed by atoms with E-state index in [0.717, 1.165) is 34.6 Å². The van der Waals surface area contributed by atoms with Gasteiger partial charge in [-0.3, -0.25) is 14.4 Å². The van der Waals surface area contributed by atoms with E-state index in [-0.39, 0.29) is 17.0 Å². The van der Waals surface area contributed by atoms with Gasteiger partial charge in [0.1, 0.15) is 16.5 Å². The zero-order valence-corrected chi connectivity index (χ0v) is 29.2. The van der Waals surface area contributed by atoms with E-state index in [1.807, 2.05) is 6.07 Å². The van der Waals surface area contributed by atoms with Crippen LogP contribution in [0, 0.1) is 11.3 Å². The molecule has 2 aromatic carbocycles. The lowest BCUT2D eigenvalue weighted by atomic mass is 9.72. The van der Waals surface area contributed by atoms with Crippen molar-refractivity contribution >= 4 is 63.6 Å². The van der Waals surface area contributed by atoms with Crippen LogP contribution in [0.25, 0.3) is 6.08 Å². The summed E-state index contributed by atoms with van der Waals surface area (Å²) in [5, 5.41) is 8.51. The third-order valence-electron chi connectivity index (χ3n) is 8.25. The predicted molar refractivity (Wildman–Crippen MR) is 190 cm³/mol. The maximum absolute atomic E-state index is 13.4. The summed E-state index contributed by atoms with van der Waals surface area (Å²) in [6, 6.07) is 19.0. The summed E-state index contributed by atoms with van der Waals surface area (Å²) < 4.78 is 10.5. The Morgan fingerprint density at radius 3 is 2.48 bits per heavy atom. The molecule has 1 aliphatic carbocycles. The van der Waals surface area contributed by atoms with Crippen molar-refractivity contribution in [3.63, 3.8) is 0 Å². The predicted octanol–water partition coefficient (Wildman–Crippen LogP) is 7.81. The van der Waals surface area contributed by atoms with Crippen LogP contribution in [-0.2, 0) is 27.2 Å². The number of fused-ring (bicyclic) bond motifs is 1. The Bertz CT molecular complexity index is 1820. The van der Waals surface area contributed by atoms with Gasteiger partial charge >= 0.3 is 5.97 Å². The molecule has 0 spiro atoms. The molecule has 5 rings (SSSR count). The second-order valence-electron chi connectivity index (χ2n) is 12.6. The van der Waals surface area contributed by atoms with E-state index in [1.165, 1.54) is 42.5 Å². The number of hydrogen-bond donors (Lipinski definition) is 3. The quantitative estimate of drug-likeness (QED) is 0.0883. The molecule has 48 heavy (non-hydrogen) atoms. The average Bonchev–Trinajstić information content (AvgIpc) is 3.71. The maximum atomic E-state index is 13.4. The molecule has 250 valence electrons. The molecular weight excluding hydrogens is 647 g/mol. The monoisotopic (exact) mass is 685 g/mol. The Labute approximate surface area is 288 Å². The largest absolute Gasteiger partial charge is 0.465 e. The fourth-order valence-corrected chi connectivity index (χ4v) is 7.75. The van der Waals surface area contributed by atoms with Gasteiger partial charge in [0.25, 0.3) is 11.8 Å². The molecule has 0 saturated heterocycles. The molecule has 0 radical (unpaired) electrons. The van der Waals surface area contributed by atoms with Crippen LogP contribution in [0.1, 0.15) is 71.0 Å². The first-order chi connectivity index (χ1) is 22.9. The van der Waals surface area contributed by atoms with Crippen molar-refractivity contribution in [1.82, 2.24) is 5.32 Å². The van der Waals surface area contributed by atoms with Crippen molar-refractivity contribution in [1.29, 1.82) is 0 Å². The summed E-state index contributed by atoms with van der Waals surface area (Å²) in [5.74, 6) is -0.803. The summed E-state index contributed by atoms with van der Waals surface area (Å²) in [5.41, 5.74) is 2.45. The number of esters is 1. The van der Waals surface area contributed by atoms with Crippen LogP contribution < -0.4 is 16.0 Å². The zero-order valence-electron chi connectivity index (χ0n) is 27.5. The minimum Gasteiger partial charge on any atom is -0.465 e. The number of rotatable bonds is 10. The summed E-state index contributed by atoms with van der Waals surface area (Å²) in [6.45, 7) is 8.50. The van der Waals surface area contributed by atoms with Crippen molar-refractivity contribution in [3.8, 4) is 0 Å². The van der Waals surface area contributed by atoms with Gasteiger partial charge in [0.05, 0.1) is 24.2 Å². The van der Waals surface area contributed by atoms with Crippen LogP contribution in [-0.4, -0.2) is 36.1 Å². The first-order valence-corrected chi connectivity index (χ1v) is 17.4. The molecule has 9 nitrogen and oxygen atoms in total. The van der Waals surface area contributed by atoms with Crippen LogP contribution >= 0.6 is 23.1 Å². The Morgan fingerprint density at radius 1 is 1.02 bits per heavy atom. The van der Waals surface area contributed by atoms with Crippen LogP contribution in [0.3, 0.4) is 0 Å². The second kappa shape index (κ2) is 15.1. The van der Waals surface area contributed by atoms with Gasteiger partial charge in [0.15, 0.2) is 0 Å². The van der Waals surface area contributed by atoms with Crippen molar-refractivity contribution in [2.75, 3.05) is 17.7 Å². The number of benzene rings is 2. The van der Waals surface area contributed by atoms with E-state index in [9.17, 15) is 19.2 Å². The van der Waals surface area contributed by atoms with E-state index >= 15 is 0 Å². The van der Waals surface area contributed by atoms with Crippen LogP contribution in [0.15, 0.2) is 88.0 Å². The van der Waals surface area contributed by atoms with Crippen molar-refractivity contribution in [3.05, 3.63) is 106 Å². The summed E-state index contributed by atoms with van der Waals surface area (Å²) in [7, 11) is 1.36. The van der Waals surface area contributed by atoms with Gasteiger partial charge < -0.3 is 25.1 Å². The molecule has 2 unspecified atom stereocenters. The maximum Gasteiger partial charge on any atom is 0.341 e. The third kappa shape index (κ3) is 8.45. The van der Waals surface area contributed by atoms with Gasteiger partial charge in [-0.15, -0.1) is 23.1 Å². The summed E-state index contributed by atoms with van der Waals surface area (Å²) in [6.07, 6.45) is 5.54. The van der Waals surface area contributed by atoms with Crippen LogP contribution in [0.4, 0.5) is 10.7 Å². The number of ether oxygens (including phenoxy) is 1. The molecule has 0 saturated carbocycles. The molecule has 0 aliphatic heterocycles. The van der Waals surface area contributed by atoms with E-state index in [0.29, 0.717) is 33.5 Å². The van der Waals surface area contributed by atoms with Crippen LogP contribution in [0.2, 0.25) is 0 Å². The number of nitrogens with one attached hydrogen (secondary N) is 3. The van der Waals surface area contributed by atoms with Gasteiger partial charge in [-0.2, -0.15) is 0 Å². The SMILES string of the molecule is COC(=O)c1c(NC(=O)C(C)Sc2cccc(NC(=O)/C(=C/c3ccco3)NC(=O)c3ccccc3)c2)sc2c1CCC(C(C)(C)C)C2.